The zero-order valence-corrected chi connectivity index (χ0v) is 15.8. The lowest BCUT2D eigenvalue weighted by atomic mass is 9.99. The molecule has 1 aromatic heterocycles. The summed E-state index contributed by atoms with van der Waals surface area (Å²) in [6.45, 7) is 3.69. The molecule has 1 aliphatic rings. The predicted molar refractivity (Wildman–Crippen MR) is 110 cm³/mol. The summed E-state index contributed by atoms with van der Waals surface area (Å²) in [5.41, 5.74) is 5.81. The summed E-state index contributed by atoms with van der Waals surface area (Å²) in [6, 6.07) is 17.7. The lowest BCUT2D eigenvalue weighted by Gasteiger charge is -2.30. The molecular weight excluding hydrogens is 358 g/mol. The number of carbonyl (C=O) groups excluding carboxylic acids is 1. The Kier molecular flexibility index (Phi) is 4.82. The molecule has 4 nitrogen and oxygen atoms in total. The molecule has 0 saturated carbocycles. The first-order valence-electron chi connectivity index (χ1n) is 8.95. The molecule has 0 spiro atoms. The molecule has 0 unspecified atom stereocenters. The number of aromatic nitrogens is 1. The summed E-state index contributed by atoms with van der Waals surface area (Å²) in [6.07, 6.45) is 2.70. The van der Waals surface area contributed by atoms with Crippen LogP contribution in [0.15, 0.2) is 60.8 Å². The summed E-state index contributed by atoms with van der Waals surface area (Å²) in [5.74, 6) is -0.223. The van der Waals surface area contributed by atoms with E-state index < -0.39 is 0 Å². The van der Waals surface area contributed by atoms with Gasteiger partial charge < -0.3 is 10.2 Å². The third-order valence-electron chi connectivity index (χ3n) is 4.91. The predicted octanol–water partition coefficient (Wildman–Crippen LogP) is 4.86. The SMILES string of the molecule is Cc1cc(Cl)ccc1NC(=O)c1cc(N2CCc3ccccc3C2)ccn1. The van der Waals surface area contributed by atoms with Crippen molar-refractivity contribution in [2.45, 2.75) is 19.9 Å². The van der Waals surface area contributed by atoms with Gasteiger partial charge in [0.25, 0.3) is 5.91 Å². The van der Waals surface area contributed by atoms with Crippen LogP contribution in [0, 0.1) is 6.92 Å². The Morgan fingerprint density at radius 1 is 1.11 bits per heavy atom. The van der Waals surface area contributed by atoms with Gasteiger partial charge in [0.05, 0.1) is 0 Å². The quantitative estimate of drug-likeness (QED) is 0.709. The maximum atomic E-state index is 12.7. The molecule has 2 heterocycles. The number of amides is 1. The fourth-order valence-electron chi connectivity index (χ4n) is 3.41. The van der Waals surface area contributed by atoms with E-state index >= 15 is 0 Å². The Bertz CT molecular complexity index is 1000. The number of fused-ring (bicyclic) bond motifs is 1. The molecule has 136 valence electrons. The third-order valence-corrected chi connectivity index (χ3v) is 5.14. The van der Waals surface area contributed by atoms with Crippen LogP contribution in [0.2, 0.25) is 5.02 Å². The second kappa shape index (κ2) is 7.41. The molecule has 0 fully saturated rings. The Balaban J connectivity index is 1.53. The Hall–Kier alpha value is -2.85. The summed E-state index contributed by atoms with van der Waals surface area (Å²) >= 11 is 5.98. The average molecular weight is 378 g/mol. The van der Waals surface area contributed by atoms with Gasteiger partial charge in [0.2, 0.25) is 0 Å². The second-order valence-electron chi connectivity index (χ2n) is 6.75. The van der Waals surface area contributed by atoms with Gasteiger partial charge in [-0.05, 0) is 60.4 Å². The highest BCUT2D eigenvalue weighted by atomic mass is 35.5. The summed E-state index contributed by atoms with van der Waals surface area (Å²) in [4.78, 5) is 19.2. The standard InChI is InChI=1S/C22H20ClN3O/c1-15-12-18(23)6-7-20(15)25-22(27)21-13-19(8-10-24-21)26-11-9-16-4-2-3-5-17(16)14-26/h2-8,10,12-13H,9,11,14H2,1H3,(H,25,27). The van der Waals surface area contributed by atoms with Gasteiger partial charge in [0, 0.05) is 35.7 Å². The van der Waals surface area contributed by atoms with Crippen LogP contribution < -0.4 is 10.2 Å². The number of carbonyl (C=O) groups is 1. The number of rotatable bonds is 3. The molecule has 5 heteroatoms. The highest BCUT2D eigenvalue weighted by Gasteiger charge is 2.18. The van der Waals surface area contributed by atoms with E-state index in [4.69, 9.17) is 11.6 Å². The number of anilines is 2. The minimum atomic E-state index is -0.223. The molecule has 0 atom stereocenters. The van der Waals surface area contributed by atoms with E-state index in [2.05, 4.69) is 39.5 Å². The van der Waals surface area contributed by atoms with Gasteiger partial charge in [-0.25, -0.2) is 0 Å². The van der Waals surface area contributed by atoms with Gasteiger partial charge in [-0.15, -0.1) is 0 Å². The monoisotopic (exact) mass is 377 g/mol. The van der Waals surface area contributed by atoms with Crippen molar-refractivity contribution in [1.29, 1.82) is 0 Å². The summed E-state index contributed by atoms with van der Waals surface area (Å²) in [5, 5.41) is 3.57. The van der Waals surface area contributed by atoms with Crippen LogP contribution in [0.4, 0.5) is 11.4 Å². The van der Waals surface area contributed by atoms with E-state index in [1.54, 1.807) is 18.3 Å². The van der Waals surface area contributed by atoms with Gasteiger partial charge >= 0.3 is 0 Å². The number of pyridine rings is 1. The van der Waals surface area contributed by atoms with Crippen LogP contribution in [-0.4, -0.2) is 17.4 Å². The van der Waals surface area contributed by atoms with Crippen molar-refractivity contribution in [2.24, 2.45) is 0 Å². The molecule has 1 aliphatic heterocycles. The molecule has 3 aromatic rings. The van der Waals surface area contributed by atoms with Gasteiger partial charge in [0.1, 0.15) is 5.69 Å². The number of hydrogen-bond donors (Lipinski definition) is 1. The van der Waals surface area contributed by atoms with Crippen molar-refractivity contribution >= 4 is 28.9 Å². The zero-order chi connectivity index (χ0) is 18.8. The molecule has 4 rings (SSSR count). The number of halogens is 1. The third kappa shape index (κ3) is 3.81. The minimum absolute atomic E-state index is 0.223. The first-order valence-corrected chi connectivity index (χ1v) is 9.33. The molecule has 0 aliphatic carbocycles. The lowest BCUT2D eigenvalue weighted by Crippen LogP contribution is -2.30. The Morgan fingerprint density at radius 3 is 2.74 bits per heavy atom. The number of benzene rings is 2. The molecular formula is C22H20ClN3O. The molecule has 0 bridgehead atoms. The number of nitrogens with zero attached hydrogens (tertiary/aromatic N) is 2. The fourth-order valence-corrected chi connectivity index (χ4v) is 3.64. The Morgan fingerprint density at radius 2 is 1.93 bits per heavy atom. The first-order chi connectivity index (χ1) is 13.1. The summed E-state index contributed by atoms with van der Waals surface area (Å²) in [7, 11) is 0. The van der Waals surface area contributed by atoms with E-state index in [1.807, 2.05) is 25.1 Å². The molecule has 1 N–H and O–H groups in total. The smallest absolute Gasteiger partial charge is 0.274 e. The highest BCUT2D eigenvalue weighted by Crippen LogP contribution is 2.25. The maximum absolute atomic E-state index is 12.7. The zero-order valence-electron chi connectivity index (χ0n) is 15.1. The van der Waals surface area contributed by atoms with Crippen LogP contribution in [0.3, 0.4) is 0 Å². The largest absolute Gasteiger partial charge is 0.367 e. The van der Waals surface area contributed by atoms with Crippen LogP contribution >= 0.6 is 11.6 Å². The Labute approximate surface area is 163 Å². The average Bonchev–Trinajstić information content (AvgIpc) is 2.70. The van der Waals surface area contributed by atoms with Crippen molar-refractivity contribution in [3.63, 3.8) is 0 Å². The van der Waals surface area contributed by atoms with Gasteiger partial charge in [-0.2, -0.15) is 0 Å². The maximum Gasteiger partial charge on any atom is 0.274 e. The first kappa shape index (κ1) is 17.6. The topological polar surface area (TPSA) is 45.2 Å². The van der Waals surface area contributed by atoms with Gasteiger partial charge in [0.15, 0.2) is 0 Å². The molecule has 0 saturated heterocycles. The van der Waals surface area contributed by atoms with E-state index in [9.17, 15) is 4.79 Å². The van der Waals surface area contributed by atoms with E-state index in [-0.39, 0.29) is 5.91 Å². The highest BCUT2D eigenvalue weighted by molar-refractivity contribution is 6.30. The van der Waals surface area contributed by atoms with Crippen molar-refractivity contribution in [2.75, 3.05) is 16.8 Å². The molecule has 1 amide bonds. The van der Waals surface area contributed by atoms with E-state index in [0.717, 1.165) is 36.4 Å². The molecule has 2 aromatic carbocycles. The van der Waals surface area contributed by atoms with Crippen molar-refractivity contribution in [1.82, 2.24) is 4.98 Å². The number of hydrogen-bond acceptors (Lipinski definition) is 3. The van der Waals surface area contributed by atoms with Crippen molar-refractivity contribution in [3.05, 3.63) is 88.2 Å². The lowest BCUT2D eigenvalue weighted by molar-refractivity contribution is 0.102. The molecule has 27 heavy (non-hydrogen) atoms. The second-order valence-corrected chi connectivity index (χ2v) is 7.19. The summed E-state index contributed by atoms with van der Waals surface area (Å²) < 4.78 is 0. The van der Waals surface area contributed by atoms with Crippen molar-refractivity contribution < 1.29 is 4.79 Å². The van der Waals surface area contributed by atoms with Crippen LogP contribution in [0.5, 0.6) is 0 Å². The van der Waals surface area contributed by atoms with Crippen molar-refractivity contribution in [3.8, 4) is 0 Å². The van der Waals surface area contributed by atoms with Gasteiger partial charge in [-0.3, -0.25) is 9.78 Å². The fraction of sp³-hybridized carbons (Fsp3) is 0.182. The van der Waals surface area contributed by atoms with Crippen LogP contribution in [0.1, 0.15) is 27.2 Å². The van der Waals surface area contributed by atoms with Gasteiger partial charge in [-0.1, -0.05) is 35.9 Å². The van der Waals surface area contributed by atoms with E-state index in [1.165, 1.54) is 11.1 Å². The van der Waals surface area contributed by atoms with Crippen LogP contribution in [-0.2, 0) is 13.0 Å². The normalized spacial score (nSPS) is 13.2. The van der Waals surface area contributed by atoms with Crippen LogP contribution in [0.25, 0.3) is 0 Å². The molecule has 0 radical (unpaired) electrons. The van der Waals surface area contributed by atoms with E-state index in [0.29, 0.717) is 10.7 Å². The number of aryl methyl sites for hydroxylation is 1. The minimum Gasteiger partial charge on any atom is -0.367 e. The number of nitrogens with one attached hydrogen (secondary N) is 1.